The minimum Gasteiger partial charge on any atom is -0.399 e. The molecule has 0 unspecified atom stereocenters. The van der Waals surface area contributed by atoms with Gasteiger partial charge in [-0.1, -0.05) is 0 Å². The lowest BCUT2D eigenvalue weighted by molar-refractivity contribution is 0.689. The van der Waals surface area contributed by atoms with Gasteiger partial charge < -0.3 is 15.6 Å². The lowest BCUT2D eigenvalue weighted by atomic mass is 10.1. The summed E-state index contributed by atoms with van der Waals surface area (Å²) in [7, 11) is 2.08. The monoisotopic (exact) mass is 215 g/mol. The van der Waals surface area contributed by atoms with Crippen LogP contribution in [0.4, 0.5) is 5.69 Å². The van der Waals surface area contributed by atoms with Gasteiger partial charge >= 0.3 is 0 Å². The summed E-state index contributed by atoms with van der Waals surface area (Å²) in [4.78, 5) is 0. The molecular formula is C13H17N3. The zero-order chi connectivity index (χ0) is 11.1. The summed E-state index contributed by atoms with van der Waals surface area (Å²) in [6, 6.07) is 6.86. The molecule has 16 heavy (non-hydrogen) atoms. The first-order valence-electron chi connectivity index (χ1n) is 5.81. The molecule has 0 aliphatic heterocycles. The predicted molar refractivity (Wildman–Crippen MR) is 67.2 cm³/mol. The van der Waals surface area contributed by atoms with Crippen molar-refractivity contribution >= 4 is 16.6 Å². The van der Waals surface area contributed by atoms with Crippen molar-refractivity contribution in [2.75, 3.05) is 5.73 Å². The fourth-order valence-electron chi connectivity index (χ4n) is 2.17. The van der Waals surface area contributed by atoms with Crippen LogP contribution in [0.5, 0.6) is 0 Å². The average Bonchev–Trinajstić information content (AvgIpc) is 3.03. The van der Waals surface area contributed by atoms with Crippen LogP contribution in [0.2, 0.25) is 0 Å². The number of anilines is 1. The summed E-state index contributed by atoms with van der Waals surface area (Å²) in [6.45, 7) is 0.950. The molecule has 0 amide bonds. The van der Waals surface area contributed by atoms with Crippen LogP contribution in [0.25, 0.3) is 10.9 Å². The van der Waals surface area contributed by atoms with E-state index in [4.69, 9.17) is 5.73 Å². The van der Waals surface area contributed by atoms with Gasteiger partial charge in [-0.25, -0.2) is 0 Å². The van der Waals surface area contributed by atoms with Crippen molar-refractivity contribution in [1.82, 2.24) is 9.88 Å². The average molecular weight is 215 g/mol. The number of nitrogens with zero attached hydrogens (tertiary/aromatic N) is 1. The molecule has 1 aliphatic rings. The van der Waals surface area contributed by atoms with Crippen molar-refractivity contribution in [2.24, 2.45) is 7.05 Å². The Hall–Kier alpha value is -1.48. The molecular weight excluding hydrogens is 198 g/mol. The third kappa shape index (κ3) is 1.67. The minimum atomic E-state index is 0.747. The van der Waals surface area contributed by atoms with Gasteiger partial charge in [0.25, 0.3) is 0 Å². The van der Waals surface area contributed by atoms with E-state index in [0.717, 1.165) is 18.3 Å². The molecule has 1 aromatic carbocycles. The number of hydrogen-bond donors (Lipinski definition) is 2. The maximum absolute atomic E-state index is 5.84. The van der Waals surface area contributed by atoms with E-state index < -0.39 is 0 Å². The topological polar surface area (TPSA) is 43.0 Å². The summed E-state index contributed by atoms with van der Waals surface area (Å²) in [5.41, 5.74) is 9.28. The Morgan fingerprint density at radius 1 is 1.44 bits per heavy atom. The van der Waals surface area contributed by atoms with Crippen molar-refractivity contribution in [3.05, 3.63) is 30.0 Å². The highest BCUT2D eigenvalue weighted by atomic mass is 15.0. The number of rotatable bonds is 3. The zero-order valence-corrected chi connectivity index (χ0v) is 9.53. The number of aryl methyl sites for hydroxylation is 1. The Labute approximate surface area is 95.2 Å². The van der Waals surface area contributed by atoms with Crippen LogP contribution < -0.4 is 11.1 Å². The van der Waals surface area contributed by atoms with Crippen LogP contribution in [0.15, 0.2) is 24.4 Å². The molecule has 0 atom stereocenters. The molecule has 3 nitrogen and oxygen atoms in total. The fourth-order valence-corrected chi connectivity index (χ4v) is 2.17. The number of hydrogen-bond acceptors (Lipinski definition) is 2. The number of nitrogen functional groups attached to an aromatic ring is 1. The van der Waals surface area contributed by atoms with Crippen molar-refractivity contribution in [3.63, 3.8) is 0 Å². The van der Waals surface area contributed by atoms with Gasteiger partial charge in [-0.2, -0.15) is 0 Å². The second kappa shape index (κ2) is 3.52. The van der Waals surface area contributed by atoms with Crippen molar-refractivity contribution < 1.29 is 0 Å². The molecule has 84 valence electrons. The highest BCUT2D eigenvalue weighted by molar-refractivity contribution is 5.86. The summed E-state index contributed by atoms with van der Waals surface area (Å²) in [5.74, 6) is 0. The molecule has 3 N–H and O–H groups in total. The first-order chi connectivity index (χ1) is 7.74. The number of fused-ring (bicyclic) bond motifs is 1. The van der Waals surface area contributed by atoms with Gasteiger partial charge in [-0.15, -0.1) is 0 Å². The Balaban J connectivity index is 1.98. The van der Waals surface area contributed by atoms with Gasteiger partial charge in [-0.3, -0.25) is 0 Å². The molecule has 0 saturated heterocycles. The lowest BCUT2D eigenvalue weighted by Crippen LogP contribution is -2.14. The quantitative estimate of drug-likeness (QED) is 0.769. The summed E-state index contributed by atoms with van der Waals surface area (Å²) >= 11 is 0. The van der Waals surface area contributed by atoms with E-state index in [1.165, 1.54) is 29.3 Å². The van der Waals surface area contributed by atoms with Crippen molar-refractivity contribution in [2.45, 2.75) is 25.4 Å². The first-order valence-corrected chi connectivity index (χ1v) is 5.81. The van der Waals surface area contributed by atoms with Crippen LogP contribution in [0.1, 0.15) is 18.4 Å². The van der Waals surface area contributed by atoms with Crippen molar-refractivity contribution in [3.8, 4) is 0 Å². The molecule has 1 heterocycles. The van der Waals surface area contributed by atoms with Crippen LogP contribution >= 0.6 is 0 Å². The van der Waals surface area contributed by atoms with E-state index in [0.29, 0.717) is 0 Å². The van der Waals surface area contributed by atoms with E-state index >= 15 is 0 Å². The highest BCUT2D eigenvalue weighted by Crippen LogP contribution is 2.25. The van der Waals surface area contributed by atoms with E-state index in [1.807, 2.05) is 6.07 Å². The number of nitrogens with one attached hydrogen (secondary N) is 1. The standard InChI is InChI=1S/C13H17N3/c1-16-8-9(7-15-11-3-4-11)12-6-10(14)2-5-13(12)16/h2,5-6,8,11,15H,3-4,7,14H2,1H3. The number of benzene rings is 1. The number of aromatic nitrogens is 1. The van der Waals surface area contributed by atoms with E-state index in [1.54, 1.807) is 0 Å². The van der Waals surface area contributed by atoms with Crippen LogP contribution in [-0.2, 0) is 13.6 Å². The molecule has 1 aromatic heterocycles. The zero-order valence-electron chi connectivity index (χ0n) is 9.53. The van der Waals surface area contributed by atoms with Crippen LogP contribution in [0, 0.1) is 0 Å². The molecule has 3 rings (SSSR count). The van der Waals surface area contributed by atoms with Crippen LogP contribution in [0.3, 0.4) is 0 Å². The van der Waals surface area contributed by atoms with Gasteiger partial charge in [0.15, 0.2) is 0 Å². The van der Waals surface area contributed by atoms with E-state index in [-0.39, 0.29) is 0 Å². The largest absolute Gasteiger partial charge is 0.399 e. The third-order valence-electron chi connectivity index (χ3n) is 3.25. The third-order valence-corrected chi connectivity index (χ3v) is 3.25. The lowest BCUT2D eigenvalue weighted by Gasteiger charge is -2.01. The summed E-state index contributed by atoms with van der Waals surface area (Å²) in [6.07, 6.45) is 4.85. The van der Waals surface area contributed by atoms with E-state index in [9.17, 15) is 0 Å². The maximum atomic E-state index is 5.84. The molecule has 2 aromatic rings. The molecule has 1 saturated carbocycles. The number of nitrogens with two attached hydrogens (primary N) is 1. The van der Waals surface area contributed by atoms with Gasteiger partial charge in [0, 0.05) is 42.4 Å². The minimum absolute atomic E-state index is 0.747. The maximum Gasteiger partial charge on any atom is 0.0482 e. The molecule has 1 fully saturated rings. The molecule has 0 radical (unpaired) electrons. The van der Waals surface area contributed by atoms with Crippen LogP contribution in [-0.4, -0.2) is 10.6 Å². The summed E-state index contributed by atoms with van der Waals surface area (Å²) in [5, 5.41) is 4.82. The Morgan fingerprint density at radius 2 is 2.25 bits per heavy atom. The summed E-state index contributed by atoms with van der Waals surface area (Å²) < 4.78 is 2.17. The van der Waals surface area contributed by atoms with Gasteiger partial charge in [0.2, 0.25) is 0 Å². The second-order valence-corrected chi connectivity index (χ2v) is 4.70. The molecule has 3 heteroatoms. The van der Waals surface area contributed by atoms with E-state index in [2.05, 4.69) is 35.3 Å². The SMILES string of the molecule is Cn1cc(CNC2CC2)c2cc(N)ccc21. The second-order valence-electron chi connectivity index (χ2n) is 4.70. The first kappa shape index (κ1) is 9.73. The fraction of sp³-hybridized carbons (Fsp3) is 0.385. The Bertz CT molecular complexity index is 523. The highest BCUT2D eigenvalue weighted by Gasteiger charge is 2.20. The molecule has 0 spiro atoms. The predicted octanol–water partition coefficient (Wildman–Crippen LogP) is 2.01. The molecule has 0 bridgehead atoms. The molecule has 1 aliphatic carbocycles. The smallest absolute Gasteiger partial charge is 0.0482 e. The van der Waals surface area contributed by atoms with Gasteiger partial charge in [-0.05, 0) is 36.6 Å². The van der Waals surface area contributed by atoms with Crippen molar-refractivity contribution in [1.29, 1.82) is 0 Å². The van der Waals surface area contributed by atoms with Gasteiger partial charge in [0.1, 0.15) is 0 Å². The Kier molecular flexibility index (Phi) is 2.14. The normalized spacial score (nSPS) is 15.8. The van der Waals surface area contributed by atoms with Gasteiger partial charge in [0.05, 0.1) is 0 Å². The Morgan fingerprint density at radius 3 is 3.00 bits per heavy atom.